The minimum Gasteiger partial charge on any atom is -0.493 e. The van der Waals surface area contributed by atoms with E-state index in [1.165, 1.54) is 6.08 Å². The van der Waals surface area contributed by atoms with Gasteiger partial charge in [0.25, 0.3) is 0 Å². The number of carbonyl (C=O) groups is 1. The van der Waals surface area contributed by atoms with E-state index in [-0.39, 0.29) is 12.2 Å². The number of pyridine rings is 1. The topological polar surface area (TPSA) is 56.5 Å². The van der Waals surface area contributed by atoms with Crippen LogP contribution < -0.4 is 4.74 Å². The third-order valence-corrected chi connectivity index (χ3v) is 5.09. The summed E-state index contributed by atoms with van der Waals surface area (Å²) in [5.74, 6) is 1.52. The third kappa shape index (κ3) is 3.55. The van der Waals surface area contributed by atoms with Gasteiger partial charge >= 0.3 is 0 Å². The van der Waals surface area contributed by atoms with Crippen molar-refractivity contribution in [1.29, 1.82) is 0 Å². The van der Waals surface area contributed by atoms with Gasteiger partial charge in [0, 0.05) is 22.4 Å². The van der Waals surface area contributed by atoms with E-state index in [2.05, 4.69) is 16.7 Å². The van der Waals surface area contributed by atoms with Gasteiger partial charge in [-0.15, -0.1) is 0 Å². The maximum atomic E-state index is 13.0. The molecule has 26 heavy (non-hydrogen) atoms. The van der Waals surface area contributed by atoms with Crippen molar-refractivity contribution in [2.24, 2.45) is 0 Å². The fourth-order valence-electron chi connectivity index (χ4n) is 2.67. The molecule has 0 spiro atoms. The number of hydrogen-bond acceptors (Lipinski definition) is 4. The molecule has 5 nitrogen and oxygen atoms in total. The van der Waals surface area contributed by atoms with Gasteiger partial charge in [0.15, 0.2) is 23.0 Å². The van der Waals surface area contributed by atoms with Crippen LogP contribution in [0.5, 0.6) is 5.75 Å². The molecule has 1 aliphatic carbocycles. The van der Waals surface area contributed by atoms with Crippen molar-refractivity contribution in [2.75, 3.05) is 7.11 Å². The van der Waals surface area contributed by atoms with Crippen molar-refractivity contribution in [3.8, 4) is 5.75 Å². The number of halogens is 2. The van der Waals surface area contributed by atoms with Crippen molar-refractivity contribution in [1.82, 2.24) is 14.6 Å². The zero-order chi connectivity index (χ0) is 18.8. The molecule has 0 N–H and O–H groups in total. The van der Waals surface area contributed by atoms with Crippen molar-refractivity contribution in [2.45, 2.75) is 32.1 Å². The van der Waals surface area contributed by atoms with E-state index in [0.29, 0.717) is 38.6 Å². The van der Waals surface area contributed by atoms with Crippen LogP contribution in [0.15, 0.2) is 46.5 Å². The fourth-order valence-corrected chi connectivity index (χ4v) is 3.06. The Morgan fingerprint density at radius 1 is 1.42 bits per heavy atom. The van der Waals surface area contributed by atoms with Crippen LogP contribution >= 0.6 is 23.2 Å². The standard InChI is InChI=1S/C19H19Cl2N3O2/c1-4-13(20)12(14(21)5-2)10-16(25)15-8-9-17(26-3)19-22-18(11-6-7-11)23-24(15)19/h4-5,8-9,11H,1,6-7,10H2,2-3H3/b13-12+,14-5+. The van der Waals surface area contributed by atoms with Crippen LogP contribution in [-0.4, -0.2) is 27.5 Å². The van der Waals surface area contributed by atoms with Crippen LogP contribution in [0.1, 0.15) is 48.4 Å². The normalized spacial score (nSPS) is 15.8. The summed E-state index contributed by atoms with van der Waals surface area (Å²) in [6, 6.07) is 3.41. The molecule has 0 radical (unpaired) electrons. The van der Waals surface area contributed by atoms with Crippen molar-refractivity contribution in [3.63, 3.8) is 0 Å². The maximum Gasteiger partial charge on any atom is 0.198 e. The average molecular weight is 392 g/mol. The van der Waals surface area contributed by atoms with Gasteiger partial charge in [-0.2, -0.15) is 5.10 Å². The van der Waals surface area contributed by atoms with Crippen LogP contribution in [0.4, 0.5) is 0 Å². The summed E-state index contributed by atoms with van der Waals surface area (Å²) in [5.41, 5.74) is 1.48. The number of ether oxygens (including phenoxy) is 1. The minimum absolute atomic E-state index is 0.0358. The number of carbonyl (C=O) groups excluding carboxylic acids is 1. The summed E-state index contributed by atoms with van der Waals surface area (Å²) < 4.78 is 6.91. The molecule has 0 amide bonds. The number of Topliss-reactive ketones (excluding diaryl/α,β-unsaturated/α-hetero) is 1. The second kappa shape index (κ2) is 7.64. The monoisotopic (exact) mass is 391 g/mol. The van der Waals surface area contributed by atoms with Gasteiger partial charge in [0.1, 0.15) is 5.69 Å². The lowest BCUT2D eigenvalue weighted by Gasteiger charge is -2.09. The fraction of sp³-hybridized carbons (Fsp3) is 0.316. The van der Waals surface area contributed by atoms with Gasteiger partial charge in [0.05, 0.1) is 7.11 Å². The summed E-state index contributed by atoms with van der Waals surface area (Å²) in [5, 5.41) is 5.30. The number of rotatable bonds is 7. The Morgan fingerprint density at radius 2 is 2.15 bits per heavy atom. The van der Waals surface area contributed by atoms with Crippen LogP contribution in [0.3, 0.4) is 0 Å². The van der Waals surface area contributed by atoms with Crippen molar-refractivity contribution >= 4 is 34.6 Å². The second-order valence-corrected chi connectivity index (χ2v) is 6.85. The number of allylic oxidation sites excluding steroid dienone is 5. The summed E-state index contributed by atoms with van der Waals surface area (Å²) in [6.45, 7) is 5.43. The highest BCUT2D eigenvalue weighted by atomic mass is 35.5. The Bertz CT molecular complexity index is 940. The van der Waals surface area contributed by atoms with Gasteiger partial charge in [-0.25, -0.2) is 9.50 Å². The number of methoxy groups -OCH3 is 1. The molecule has 136 valence electrons. The zero-order valence-electron chi connectivity index (χ0n) is 14.6. The molecule has 7 heteroatoms. The second-order valence-electron chi connectivity index (χ2n) is 6.03. The van der Waals surface area contributed by atoms with E-state index in [9.17, 15) is 4.79 Å². The van der Waals surface area contributed by atoms with Crippen LogP contribution in [0.2, 0.25) is 0 Å². The first kappa shape index (κ1) is 18.7. The van der Waals surface area contributed by atoms with Gasteiger partial charge in [-0.05, 0) is 37.5 Å². The number of nitrogens with zero attached hydrogens (tertiary/aromatic N) is 3. The molecule has 3 rings (SSSR count). The van der Waals surface area contributed by atoms with Crippen molar-refractivity contribution < 1.29 is 9.53 Å². The first-order valence-corrected chi connectivity index (χ1v) is 9.05. The molecule has 0 aromatic carbocycles. The Kier molecular flexibility index (Phi) is 5.49. The van der Waals surface area contributed by atoms with E-state index in [4.69, 9.17) is 27.9 Å². The van der Waals surface area contributed by atoms with E-state index in [0.717, 1.165) is 18.7 Å². The lowest BCUT2D eigenvalue weighted by atomic mass is 10.1. The van der Waals surface area contributed by atoms with Crippen LogP contribution in [-0.2, 0) is 0 Å². The Hall–Kier alpha value is -2.11. The summed E-state index contributed by atoms with van der Waals surface area (Å²) >= 11 is 12.4. The predicted molar refractivity (Wildman–Crippen MR) is 103 cm³/mol. The van der Waals surface area contributed by atoms with Gasteiger partial charge in [-0.1, -0.05) is 41.9 Å². The first-order chi connectivity index (χ1) is 12.5. The van der Waals surface area contributed by atoms with Gasteiger partial charge in [-0.3, -0.25) is 4.79 Å². The zero-order valence-corrected chi connectivity index (χ0v) is 16.1. The predicted octanol–water partition coefficient (Wildman–Crippen LogP) is 5.01. The van der Waals surface area contributed by atoms with E-state index in [1.807, 2.05) is 0 Å². The first-order valence-electron chi connectivity index (χ1n) is 8.30. The highest BCUT2D eigenvalue weighted by Gasteiger charge is 2.29. The average Bonchev–Trinajstić information content (AvgIpc) is 3.42. The number of hydrogen-bond donors (Lipinski definition) is 0. The molecular formula is C19H19Cl2N3O2. The highest BCUT2D eigenvalue weighted by Crippen LogP contribution is 2.39. The maximum absolute atomic E-state index is 13.0. The number of aromatic nitrogens is 3. The van der Waals surface area contributed by atoms with Gasteiger partial charge in [0.2, 0.25) is 0 Å². The molecule has 1 saturated carbocycles. The number of ketones is 1. The van der Waals surface area contributed by atoms with Crippen molar-refractivity contribution in [3.05, 3.63) is 58.0 Å². The largest absolute Gasteiger partial charge is 0.493 e. The van der Waals surface area contributed by atoms with Crippen LogP contribution in [0, 0.1) is 0 Å². The molecule has 0 aliphatic heterocycles. The van der Waals surface area contributed by atoms with E-state index < -0.39 is 0 Å². The summed E-state index contributed by atoms with van der Waals surface area (Å²) in [7, 11) is 1.57. The third-order valence-electron chi connectivity index (χ3n) is 4.26. The Morgan fingerprint density at radius 3 is 2.73 bits per heavy atom. The molecule has 2 aromatic heterocycles. The highest BCUT2D eigenvalue weighted by molar-refractivity contribution is 6.36. The Balaban J connectivity index is 2.04. The molecule has 2 heterocycles. The molecule has 1 aliphatic rings. The molecule has 0 saturated heterocycles. The minimum atomic E-state index is -0.167. The van der Waals surface area contributed by atoms with Gasteiger partial charge < -0.3 is 4.74 Å². The van der Waals surface area contributed by atoms with E-state index in [1.54, 1.807) is 36.8 Å². The molecule has 1 fully saturated rings. The molecule has 2 aromatic rings. The summed E-state index contributed by atoms with van der Waals surface area (Å²) in [6.07, 6.45) is 5.34. The number of fused-ring (bicyclic) bond motifs is 1. The summed E-state index contributed by atoms with van der Waals surface area (Å²) in [4.78, 5) is 17.5. The van der Waals surface area contributed by atoms with Crippen LogP contribution in [0.25, 0.3) is 5.65 Å². The lowest BCUT2D eigenvalue weighted by Crippen LogP contribution is -2.10. The molecular weight excluding hydrogens is 373 g/mol. The van der Waals surface area contributed by atoms with E-state index >= 15 is 0 Å². The lowest BCUT2D eigenvalue weighted by molar-refractivity contribution is 0.0986. The smallest absolute Gasteiger partial charge is 0.198 e. The molecule has 0 atom stereocenters. The SMILES string of the molecule is C=C/C(Cl)=C(CC(=O)c1ccc(OC)c2nc(C3CC3)nn12)\C(Cl)=C/C. The molecule has 0 unspecified atom stereocenters. The quantitative estimate of drug-likeness (QED) is 0.491. The Labute approximate surface area is 162 Å². The molecule has 0 bridgehead atoms.